The largest absolute Gasteiger partial charge is 0.748 e. The van der Waals surface area contributed by atoms with E-state index in [9.17, 15) is 32.8 Å². The van der Waals surface area contributed by atoms with Crippen molar-refractivity contribution in [3.63, 3.8) is 0 Å². The fourth-order valence-corrected chi connectivity index (χ4v) is 10.0. The van der Waals surface area contributed by atoms with E-state index >= 15 is 0 Å². The molecule has 0 aromatic carbocycles. The summed E-state index contributed by atoms with van der Waals surface area (Å²) in [6.45, 7) is 6.04. The standard InChI is InChI=1S/C28H48N2O7S/c1-17(4-9-26(34)30(16-25(29)33)12-13-38(35,36)37)21-7-8-22-20-6-5-18-14-19(31)10-11-27(18,2)23(20)15-24(32)28(21,22)3/h17-24,31-32H,4-16H2,1-3H3,(H2,29,33)(H,35,36,37)/p-1/t17-,18-,19-,20+,21-,22+,23+,24+,27+,28-/m1/s1. The van der Waals surface area contributed by atoms with Gasteiger partial charge in [-0.3, -0.25) is 9.59 Å². The molecule has 4 saturated carbocycles. The van der Waals surface area contributed by atoms with Gasteiger partial charge in [-0.15, -0.1) is 0 Å². The lowest BCUT2D eigenvalue weighted by molar-refractivity contribution is -0.175. The lowest BCUT2D eigenvalue weighted by Crippen LogP contribution is -2.58. The molecule has 0 unspecified atom stereocenters. The average Bonchev–Trinajstić information content (AvgIpc) is 3.19. The van der Waals surface area contributed by atoms with E-state index < -0.39 is 34.4 Å². The molecule has 4 fully saturated rings. The monoisotopic (exact) mass is 555 g/mol. The lowest BCUT2D eigenvalue weighted by Gasteiger charge is -2.62. The minimum absolute atomic E-state index is 0.134. The summed E-state index contributed by atoms with van der Waals surface area (Å²) in [7, 11) is -4.52. The Balaban J connectivity index is 1.42. The van der Waals surface area contributed by atoms with Crippen molar-refractivity contribution in [2.24, 2.45) is 52.1 Å². The highest BCUT2D eigenvalue weighted by molar-refractivity contribution is 7.85. The van der Waals surface area contributed by atoms with Gasteiger partial charge in [-0.1, -0.05) is 20.8 Å². The van der Waals surface area contributed by atoms with Gasteiger partial charge >= 0.3 is 0 Å². The molecule has 2 amide bonds. The molecule has 0 spiro atoms. The highest BCUT2D eigenvalue weighted by atomic mass is 32.2. The van der Waals surface area contributed by atoms with Crippen LogP contribution < -0.4 is 5.73 Å². The molecule has 0 radical (unpaired) electrons. The summed E-state index contributed by atoms with van der Waals surface area (Å²) in [5.41, 5.74) is 5.21. The zero-order valence-corrected chi connectivity index (χ0v) is 24.0. The van der Waals surface area contributed by atoms with Gasteiger partial charge in [0.25, 0.3) is 0 Å². The minimum Gasteiger partial charge on any atom is -0.748 e. The van der Waals surface area contributed by atoms with Crippen molar-refractivity contribution in [3.05, 3.63) is 0 Å². The van der Waals surface area contributed by atoms with Gasteiger partial charge in [-0.05, 0) is 104 Å². The molecule has 0 saturated heterocycles. The van der Waals surface area contributed by atoms with Gasteiger partial charge in [-0.25, -0.2) is 8.42 Å². The molecule has 0 aromatic rings. The van der Waals surface area contributed by atoms with Crippen LogP contribution in [0, 0.1) is 46.3 Å². The van der Waals surface area contributed by atoms with Crippen LogP contribution in [0.4, 0.5) is 0 Å². The first-order valence-electron chi connectivity index (χ1n) is 14.5. The first kappa shape index (κ1) is 29.7. The van der Waals surface area contributed by atoms with E-state index in [4.69, 9.17) is 5.73 Å². The number of primary amides is 1. The number of carbonyl (C=O) groups is 2. The smallest absolute Gasteiger partial charge is 0.237 e. The molecule has 0 heterocycles. The van der Waals surface area contributed by atoms with Crippen LogP contribution in [0.5, 0.6) is 0 Å². The summed E-state index contributed by atoms with van der Waals surface area (Å²) in [6.07, 6.45) is 8.09. The van der Waals surface area contributed by atoms with Crippen LogP contribution in [-0.4, -0.2) is 70.9 Å². The topological polar surface area (TPSA) is 161 Å². The van der Waals surface area contributed by atoms with Crippen LogP contribution in [0.2, 0.25) is 0 Å². The molecule has 4 N–H and O–H groups in total. The number of rotatable bonds is 9. The van der Waals surface area contributed by atoms with Crippen LogP contribution >= 0.6 is 0 Å². The van der Waals surface area contributed by atoms with E-state index in [0.29, 0.717) is 30.1 Å². The maximum absolute atomic E-state index is 12.9. The maximum atomic E-state index is 12.9. The molecular formula is C28H47N2O7S-. The number of fused-ring (bicyclic) bond motifs is 5. The minimum atomic E-state index is -4.52. The fraction of sp³-hybridized carbons (Fsp3) is 0.929. The van der Waals surface area contributed by atoms with E-state index in [1.807, 2.05) is 0 Å². The Kier molecular flexibility index (Phi) is 8.59. The van der Waals surface area contributed by atoms with Crippen molar-refractivity contribution in [1.29, 1.82) is 0 Å². The molecule has 0 bridgehead atoms. The van der Waals surface area contributed by atoms with Crippen LogP contribution in [0.1, 0.15) is 85.0 Å². The molecular weight excluding hydrogens is 508 g/mol. The van der Waals surface area contributed by atoms with Crippen molar-refractivity contribution in [2.75, 3.05) is 18.8 Å². The molecule has 4 aliphatic carbocycles. The predicted octanol–water partition coefficient (Wildman–Crippen LogP) is 2.25. The third-order valence-corrected chi connectivity index (χ3v) is 12.3. The van der Waals surface area contributed by atoms with Crippen LogP contribution in [-0.2, 0) is 19.7 Å². The molecule has 10 atom stereocenters. The number of hydrogen-bond donors (Lipinski definition) is 3. The second-order valence-corrected chi connectivity index (χ2v) is 15.0. The molecule has 218 valence electrons. The van der Waals surface area contributed by atoms with Gasteiger partial charge in [0, 0.05) is 13.0 Å². The molecule has 4 rings (SSSR count). The van der Waals surface area contributed by atoms with E-state index in [2.05, 4.69) is 20.8 Å². The molecule has 0 aromatic heterocycles. The van der Waals surface area contributed by atoms with Crippen molar-refractivity contribution in [3.8, 4) is 0 Å². The number of aliphatic hydroxyl groups is 2. The third-order valence-electron chi connectivity index (χ3n) is 11.6. The molecule has 0 aliphatic heterocycles. The quantitative estimate of drug-likeness (QED) is 0.368. The van der Waals surface area contributed by atoms with Gasteiger partial charge in [0.05, 0.1) is 34.6 Å². The molecule has 4 aliphatic rings. The van der Waals surface area contributed by atoms with E-state index in [-0.39, 0.29) is 47.6 Å². The second kappa shape index (κ2) is 11.0. The van der Waals surface area contributed by atoms with Crippen molar-refractivity contribution < 1.29 is 32.8 Å². The van der Waals surface area contributed by atoms with Gasteiger partial charge in [0.1, 0.15) is 0 Å². The first-order valence-corrected chi connectivity index (χ1v) is 16.1. The third kappa shape index (κ3) is 5.65. The number of hydrogen-bond acceptors (Lipinski definition) is 7. The molecule has 38 heavy (non-hydrogen) atoms. The summed E-state index contributed by atoms with van der Waals surface area (Å²) in [5, 5.41) is 22.0. The van der Waals surface area contributed by atoms with Gasteiger partial charge in [0.15, 0.2) is 0 Å². The Hall–Kier alpha value is -1.23. The van der Waals surface area contributed by atoms with Gasteiger partial charge in [-0.2, -0.15) is 0 Å². The highest BCUT2D eigenvalue weighted by Crippen LogP contribution is 2.68. The fourth-order valence-electron chi connectivity index (χ4n) is 9.57. The number of amides is 2. The normalized spacial score (nSPS) is 41.5. The average molecular weight is 556 g/mol. The van der Waals surface area contributed by atoms with Gasteiger partial charge < -0.3 is 25.4 Å². The van der Waals surface area contributed by atoms with E-state index in [1.54, 1.807) is 0 Å². The summed E-state index contributed by atoms with van der Waals surface area (Å²) < 4.78 is 33.2. The maximum Gasteiger partial charge on any atom is 0.237 e. The Bertz CT molecular complexity index is 1010. The van der Waals surface area contributed by atoms with E-state index in [1.165, 1.54) is 0 Å². The van der Waals surface area contributed by atoms with Crippen LogP contribution in [0.25, 0.3) is 0 Å². The van der Waals surface area contributed by atoms with Crippen LogP contribution in [0.15, 0.2) is 0 Å². The number of nitrogens with zero attached hydrogens (tertiary/aromatic N) is 1. The summed E-state index contributed by atoms with van der Waals surface area (Å²) in [5.74, 6) is 0.583. The Morgan fingerprint density at radius 2 is 1.79 bits per heavy atom. The summed E-state index contributed by atoms with van der Waals surface area (Å²) >= 11 is 0. The number of nitrogens with two attached hydrogens (primary N) is 1. The van der Waals surface area contributed by atoms with Crippen LogP contribution in [0.3, 0.4) is 0 Å². The van der Waals surface area contributed by atoms with Crippen molar-refractivity contribution in [2.45, 2.75) is 97.2 Å². The van der Waals surface area contributed by atoms with Crippen molar-refractivity contribution >= 4 is 21.9 Å². The second-order valence-electron chi connectivity index (χ2n) is 13.4. The zero-order chi connectivity index (χ0) is 28.0. The van der Waals surface area contributed by atoms with E-state index in [0.717, 1.165) is 56.3 Å². The molecule has 9 nitrogen and oxygen atoms in total. The van der Waals surface area contributed by atoms with Crippen molar-refractivity contribution in [1.82, 2.24) is 4.90 Å². The Morgan fingerprint density at radius 3 is 2.45 bits per heavy atom. The number of aliphatic hydroxyl groups excluding tert-OH is 2. The number of carbonyl (C=O) groups excluding carboxylic acids is 2. The van der Waals surface area contributed by atoms with Gasteiger partial charge in [0.2, 0.25) is 11.8 Å². The Morgan fingerprint density at radius 1 is 1.08 bits per heavy atom. The zero-order valence-electron chi connectivity index (χ0n) is 23.2. The summed E-state index contributed by atoms with van der Waals surface area (Å²) in [6, 6.07) is 0. The lowest BCUT2D eigenvalue weighted by atomic mass is 9.43. The molecule has 10 heteroatoms. The highest BCUT2D eigenvalue weighted by Gasteiger charge is 2.63. The SMILES string of the molecule is C[C@H](CCC(=O)N(CCS(=O)(=O)[O-])CC(N)=O)[C@H]1CC[C@H]2[C@@H]3CC[C@@H]4C[C@H](O)CC[C@]4(C)[C@H]3C[C@H](O)[C@]12C. The Labute approximate surface area is 227 Å². The predicted molar refractivity (Wildman–Crippen MR) is 141 cm³/mol. The summed E-state index contributed by atoms with van der Waals surface area (Å²) in [4.78, 5) is 25.4. The first-order chi connectivity index (χ1) is 17.7.